The van der Waals surface area contributed by atoms with Gasteiger partial charge < -0.3 is 9.64 Å². The summed E-state index contributed by atoms with van der Waals surface area (Å²) >= 11 is 0. The Morgan fingerprint density at radius 1 is 1.08 bits per heavy atom. The number of esters is 1. The number of carbonyl (C=O) groups is 1. The summed E-state index contributed by atoms with van der Waals surface area (Å²) in [6, 6.07) is 12.4. The molecule has 0 saturated heterocycles. The van der Waals surface area contributed by atoms with E-state index >= 15 is 0 Å². The third-order valence-electron chi connectivity index (χ3n) is 3.98. The largest absolute Gasteiger partial charge is 0.462 e. The molecule has 0 N–H and O–H groups in total. The van der Waals surface area contributed by atoms with Crippen molar-refractivity contribution in [1.82, 2.24) is 4.98 Å². The lowest BCUT2D eigenvalue weighted by Crippen LogP contribution is -2.19. The highest BCUT2D eigenvalue weighted by atomic mass is 16.5. The van der Waals surface area contributed by atoms with E-state index in [9.17, 15) is 4.79 Å². The maximum Gasteiger partial charge on any atom is 0.333 e. The number of rotatable bonds is 9. The predicted molar refractivity (Wildman–Crippen MR) is 108 cm³/mol. The number of carbonyl (C=O) groups excluding carboxylic acids is 1. The first-order valence-electron chi connectivity index (χ1n) is 8.78. The monoisotopic (exact) mass is 350 g/mol. The SMILES string of the molecule is C=C(C)C(=O)OCCCCN(C)c1ccc(C=Cc2ccncc2)cc1. The number of nitrogens with zero attached hydrogens (tertiary/aromatic N) is 2. The Kier molecular flexibility index (Phi) is 7.62. The molecule has 0 aliphatic heterocycles. The first-order valence-corrected chi connectivity index (χ1v) is 8.78. The van der Waals surface area contributed by atoms with Crippen molar-refractivity contribution in [2.24, 2.45) is 0 Å². The van der Waals surface area contributed by atoms with Gasteiger partial charge in [0.15, 0.2) is 0 Å². The maximum absolute atomic E-state index is 11.3. The highest BCUT2D eigenvalue weighted by Crippen LogP contribution is 2.16. The molecule has 2 rings (SSSR count). The molecular formula is C22H26N2O2. The first kappa shape index (κ1) is 19.4. The number of aromatic nitrogens is 1. The fourth-order valence-corrected chi connectivity index (χ4v) is 2.38. The number of ether oxygens (including phenoxy) is 1. The molecule has 0 spiro atoms. The fourth-order valence-electron chi connectivity index (χ4n) is 2.38. The maximum atomic E-state index is 11.3. The minimum absolute atomic E-state index is 0.311. The lowest BCUT2D eigenvalue weighted by Gasteiger charge is -2.19. The average molecular weight is 350 g/mol. The zero-order chi connectivity index (χ0) is 18.8. The fraction of sp³-hybridized carbons (Fsp3) is 0.273. The summed E-state index contributed by atoms with van der Waals surface area (Å²) in [5, 5.41) is 0. The third kappa shape index (κ3) is 6.55. The zero-order valence-corrected chi connectivity index (χ0v) is 15.5. The molecule has 136 valence electrons. The molecule has 2 aromatic rings. The van der Waals surface area contributed by atoms with E-state index in [2.05, 4.69) is 59.9 Å². The molecule has 1 aromatic carbocycles. The molecule has 1 aromatic heterocycles. The van der Waals surface area contributed by atoms with E-state index in [-0.39, 0.29) is 5.97 Å². The van der Waals surface area contributed by atoms with Gasteiger partial charge in [0, 0.05) is 37.2 Å². The zero-order valence-electron chi connectivity index (χ0n) is 15.5. The second-order valence-electron chi connectivity index (χ2n) is 6.25. The van der Waals surface area contributed by atoms with E-state index in [1.54, 1.807) is 19.3 Å². The van der Waals surface area contributed by atoms with E-state index < -0.39 is 0 Å². The smallest absolute Gasteiger partial charge is 0.333 e. The standard InChI is InChI=1S/C22H26N2O2/c1-18(2)22(25)26-17-5-4-16-24(3)21-10-8-19(9-11-21)6-7-20-12-14-23-15-13-20/h6-15H,1,4-5,16-17H2,2-3H3. The van der Waals surface area contributed by atoms with Gasteiger partial charge in [0.1, 0.15) is 0 Å². The molecule has 0 aliphatic rings. The van der Waals surface area contributed by atoms with Gasteiger partial charge in [-0.25, -0.2) is 4.79 Å². The summed E-state index contributed by atoms with van der Waals surface area (Å²) < 4.78 is 5.10. The van der Waals surface area contributed by atoms with Crippen LogP contribution in [0.4, 0.5) is 5.69 Å². The number of hydrogen-bond acceptors (Lipinski definition) is 4. The van der Waals surface area contributed by atoms with Crippen LogP contribution in [0, 0.1) is 0 Å². The van der Waals surface area contributed by atoms with Crippen LogP contribution in [-0.4, -0.2) is 31.2 Å². The van der Waals surface area contributed by atoms with Gasteiger partial charge in [0.2, 0.25) is 0 Å². The molecule has 4 heteroatoms. The molecule has 26 heavy (non-hydrogen) atoms. The second kappa shape index (κ2) is 10.2. The Morgan fingerprint density at radius 2 is 1.69 bits per heavy atom. The van der Waals surface area contributed by atoms with Crippen LogP contribution in [0.1, 0.15) is 30.9 Å². The van der Waals surface area contributed by atoms with Crippen LogP contribution in [0.25, 0.3) is 12.2 Å². The quantitative estimate of drug-likeness (QED) is 0.377. The van der Waals surface area contributed by atoms with Crippen LogP contribution >= 0.6 is 0 Å². The van der Waals surface area contributed by atoms with E-state index in [1.807, 2.05) is 12.1 Å². The molecule has 0 unspecified atom stereocenters. The van der Waals surface area contributed by atoms with Gasteiger partial charge in [0.25, 0.3) is 0 Å². The Hall–Kier alpha value is -2.88. The summed E-state index contributed by atoms with van der Waals surface area (Å²) in [6.07, 6.45) is 9.55. The molecule has 0 amide bonds. The molecule has 0 fully saturated rings. The first-order chi connectivity index (χ1) is 12.6. The van der Waals surface area contributed by atoms with Crippen LogP contribution in [0.15, 0.2) is 60.9 Å². The second-order valence-corrected chi connectivity index (χ2v) is 6.25. The van der Waals surface area contributed by atoms with Crippen LogP contribution < -0.4 is 4.90 Å². The Labute approximate surface area is 155 Å². The van der Waals surface area contributed by atoms with Crippen molar-refractivity contribution in [2.45, 2.75) is 19.8 Å². The van der Waals surface area contributed by atoms with Crippen molar-refractivity contribution in [2.75, 3.05) is 25.1 Å². The summed E-state index contributed by atoms with van der Waals surface area (Å²) in [5.74, 6) is -0.311. The van der Waals surface area contributed by atoms with Crippen LogP contribution in [0.3, 0.4) is 0 Å². The molecule has 0 atom stereocenters. The molecule has 0 saturated carbocycles. The highest BCUT2D eigenvalue weighted by molar-refractivity contribution is 5.86. The van der Waals surface area contributed by atoms with Gasteiger partial charge in [-0.05, 0) is 55.2 Å². The van der Waals surface area contributed by atoms with Crippen molar-refractivity contribution in [3.63, 3.8) is 0 Å². The minimum atomic E-state index is -0.311. The van der Waals surface area contributed by atoms with Crippen LogP contribution in [0.5, 0.6) is 0 Å². The molecular weight excluding hydrogens is 324 g/mol. The van der Waals surface area contributed by atoms with Gasteiger partial charge in [-0.1, -0.05) is 30.9 Å². The van der Waals surface area contributed by atoms with Gasteiger partial charge in [0.05, 0.1) is 6.61 Å². The summed E-state index contributed by atoms with van der Waals surface area (Å²) in [6.45, 7) is 6.58. The number of anilines is 1. The predicted octanol–water partition coefficient (Wildman–Crippen LogP) is 4.59. The summed E-state index contributed by atoms with van der Waals surface area (Å²) in [4.78, 5) is 17.5. The molecule has 4 nitrogen and oxygen atoms in total. The van der Waals surface area contributed by atoms with Gasteiger partial charge in [-0.15, -0.1) is 0 Å². The molecule has 0 aliphatic carbocycles. The van der Waals surface area contributed by atoms with Gasteiger partial charge >= 0.3 is 5.97 Å². The van der Waals surface area contributed by atoms with Crippen molar-refractivity contribution in [3.05, 3.63) is 72.1 Å². The van der Waals surface area contributed by atoms with Crippen LogP contribution in [0.2, 0.25) is 0 Å². The summed E-state index contributed by atoms with van der Waals surface area (Å²) in [5.41, 5.74) is 3.91. The number of hydrogen-bond donors (Lipinski definition) is 0. The normalized spacial score (nSPS) is 10.7. The van der Waals surface area contributed by atoms with Gasteiger partial charge in [-0.3, -0.25) is 4.98 Å². The number of unbranched alkanes of at least 4 members (excludes halogenated alkanes) is 1. The minimum Gasteiger partial charge on any atom is -0.462 e. The topological polar surface area (TPSA) is 42.4 Å². The van der Waals surface area contributed by atoms with E-state index in [0.717, 1.165) is 30.5 Å². The Morgan fingerprint density at radius 3 is 2.31 bits per heavy atom. The number of pyridine rings is 1. The third-order valence-corrected chi connectivity index (χ3v) is 3.98. The van der Waals surface area contributed by atoms with Gasteiger partial charge in [-0.2, -0.15) is 0 Å². The Bertz CT molecular complexity index is 736. The molecule has 0 bridgehead atoms. The summed E-state index contributed by atoms with van der Waals surface area (Å²) in [7, 11) is 2.07. The molecule has 1 heterocycles. The van der Waals surface area contributed by atoms with Crippen molar-refractivity contribution < 1.29 is 9.53 Å². The van der Waals surface area contributed by atoms with E-state index in [4.69, 9.17) is 4.74 Å². The van der Waals surface area contributed by atoms with Crippen LogP contribution in [-0.2, 0) is 9.53 Å². The van der Waals surface area contributed by atoms with E-state index in [1.165, 1.54) is 5.69 Å². The average Bonchev–Trinajstić information content (AvgIpc) is 2.67. The highest BCUT2D eigenvalue weighted by Gasteiger charge is 2.03. The van der Waals surface area contributed by atoms with Crippen molar-refractivity contribution >= 4 is 23.8 Å². The Balaban J connectivity index is 1.76. The van der Waals surface area contributed by atoms with Crippen molar-refractivity contribution in [3.8, 4) is 0 Å². The number of benzene rings is 1. The lowest BCUT2D eigenvalue weighted by atomic mass is 10.1. The lowest BCUT2D eigenvalue weighted by molar-refractivity contribution is -0.139. The van der Waals surface area contributed by atoms with Crippen molar-refractivity contribution in [1.29, 1.82) is 0 Å². The van der Waals surface area contributed by atoms with E-state index in [0.29, 0.717) is 12.2 Å². The molecule has 0 radical (unpaired) electrons.